The van der Waals surface area contributed by atoms with Gasteiger partial charge in [0.25, 0.3) is 0 Å². The number of aliphatic hydroxyl groups excluding tert-OH is 1. The number of carbonyl (C=O) groups excluding carboxylic acids is 1. The minimum absolute atomic E-state index is 0.153. The summed E-state index contributed by atoms with van der Waals surface area (Å²) in [5.41, 5.74) is 1.77. The van der Waals surface area contributed by atoms with Gasteiger partial charge < -0.3 is 5.11 Å². The van der Waals surface area contributed by atoms with E-state index in [1.165, 1.54) is 50.5 Å². The van der Waals surface area contributed by atoms with Gasteiger partial charge in [-0.3, -0.25) is 4.79 Å². The number of aliphatic hydroxyl groups is 1. The van der Waals surface area contributed by atoms with Gasteiger partial charge in [-0.2, -0.15) is 0 Å². The van der Waals surface area contributed by atoms with E-state index in [4.69, 9.17) is 0 Å². The zero-order valence-corrected chi connectivity index (χ0v) is 19.5. The Hall–Kier alpha value is -0.630. The molecular formula is C27H44O2. The molecular weight excluding hydrogens is 356 g/mol. The Morgan fingerprint density at radius 1 is 1.03 bits per heavy atom. The van der Waals surface area contributed by atoms with Crippen molar-refractivity contribution >= 4 is 5.78 Å². The van der Waals surface area contributed by atoms with E-state index in [9.17, 15) is 9.90 Å². The number of carbonyl (C=O) groups is 1. The first-order chi connectivity index (χ1) is 13.7. The van der Waals surface area contributed by atoms with Crippen LogP contribution >= 0.6 is 0 Å². The average molecular weight is 401 g/mol. The zero-order valence-electron chi connectivity index (χ0n) is 19.5. The maximum atomic E-state index is 13.4. The molecule has 0 aliphatic heterocycles. The molecule has 0 bridgehead atoms. The van der Waals surface area contributed by atoms with E-state index in [0.717, 1.165) is 37.0 Å². The molecule has 1 N–H and O–H groups in total. The fourth-order valence-electron chi connectivity index (χ4n) is 8.41. The summed E-state index contributed by atoms with van der Waals surface area (Å²) in [6.07, 6.45) is 13.6. The quantitative estimate of drug-likeness (QED) is 0.567. The largest absolute Gasteiger partial charge is 0.393 e. The molecule has 0 saturated heterocycles. The Balaban J connectivity index is 1.54. The fraction of sp³-hybridized carbons (Fsp3) is 0.889. The minimum atomic E-state index is -0.241. The second-order valence-electron chi connectivity index (χ2n) is 12.2. The molecule has 0 aromatic rings. The van der Waals surface area contributed by atoms with Gasteiger partial charge in [0.15, 0.2) is 5.78 Å². The summed E-state index contributed by atoms with van der Waals surface area (Å²) >= 11 is 0. The van der Waals surface area contributed by atoms with Gasteiger partial charge in [-0.05, 0) is 91.4 Å². The lowest BCUT2D eigenvalue weighted by molar-refractivity contribution is -0.135. The predicted molar refractivity (Wildman–Crippen MR) is 119 cm³/mol. The van der Waals surface area contributed by atoms with E-state index in [-0.39, 0.29) is 17.4 Å². The third-order valence-corrected chi connectivity index (χ3v) is 10.1. The number of hydrogen-bond acceptors (Lipinski definition) is 2. The van der Waals surface area contributed by atoms with Crippen LogP contribution < -0.4 is 0 Å². The Kier molecular flexibility index (Phi) is 5.82. The van der Waals surface area contributed by atoms with Gasteiger partial charge in [0.1, 0.15) is 0 Å². The summed E-state index contributed by atoms with van der Waals surface area (Å²) in [5.74, 6) is 4.11. The SMILES string of the molecule is CC(C)CCC[C@H](C)[C@H]1CC[C@H]2[C@@H]3C(=O)C=C4C[C@@H](O)CC[C@]4(C)[C@H]3CC[C@]12C. The van der Waals surface area contributed by atoms with Crippen LogP contribution in [0.2, 0.25) is 0 Å². The number of fused-ring (bicyclic) bond motifs is 5. The molecule has 0 radical (unpaired) electrons. The highest BCUT2D eigenvalue weighted by Crippen LogP contribution is 2.66. The van der Waals surface area contributed by atoms with Crippen LogP contribution in [0, 0.1) is 46.3 Å². The third kappa shape index (κ3) is 3.56. The molecule has 0 aromatic heterocycles. The lowest BCUT2D eigenvalue weighted by atomic mass is 9.46. The van der Waals surface area contributed by atoms with Gasteiger partial charge in [0.05, 0.1) is 6.10 Å². The summed E-state index contributed by atoms with van der Waals surface area (Å²) in [6, 6.07) is 0. The number of hydrogen-bond donors (Lipinski definition) is 1. The molecule has 0 amide bonds. The van der Waals surface area contributed by atoms with Gasteiger partial charge >= 0.3 is 0 Å². The molecule has 8 atom stereocenters. The number of ketones is 1. The van der Waals surface area contributed by atoms with Gasteiger partial charge in [-0.15, -0.1) is 0 Å². The van der Waals surface area contributed by atoms with Gasteiger partial charge in [0.2, 0.25) is 0 Å². The van der Waals surface area contributed by atoms with E-state index in [0.29, 0.717) is 23.0 Å². The molecule has 0 unspecified atom stereocenters. The molecule has 4 aliphatic carbocycles. The van der Waals surface area contributed by atoms with Crippen molar-refractivity contribution in [1.29, 1.82) is 0 Å². The summed E-state index contributed by atoms with van der Waals surface area (Å²) in [4.78, 5) is 13.4. The van der Waals surface area contributed by atoms with E-state index in [2.05, 4.69) is 34.6 Å². The second-order valence-corrected chi connectivity index (χ2v) is 12.2. The number of allylic oxidation sites excluding steroid dienone is 1. The third-order valence-electron chi connectivity index (χ3n) is 10.1. The molecule has 29 heavy (non-hydrogen) atoms. The van der Waals surface area contributed by atoms with E-state index < -0.39 is 0 Å². The summed E-state index contributed by atoms with van der Waals surface area (Å²) in [7, 11) is 0. The summed E-state index contributed by atoms with van der Waals surface area (Å²) in [5, 5.41) is 10.2. The first kappa shape index (κ1) is 21.6. The monoisotopic (exact) mass is 400 g/mol. The van der Waals surface area contributed by atoms with Crippen molar-refractivity contribution in [1.82, 2.24) is 0 Å². The molecule has 2 nitrogen and oxygen atoms in total. The molecule has 0 aromatic carbocycles. The Morgan fingerprint density at radius 2 is 1.79 bits per heavy atom. The van der Waals surface area contributed by atoms with Crippen LogP contribution in [0.25, 0.3) is 0 Å². The Bertz CT molecular complexity index is 663. The Morgan fingerprint density at radius 3 is 2.52 bits per heavy atom. The van der Waals surface area contributed by atoms with Gasteiger partial charge in [0, 0.05) is 5.92 Å². The van der Waals surface area contributed by atoms with Crippen LogP contribution in [-0.2, 0) is 4.79 Å². The summed E-state index contributed by atoms with van der Waals surface area (Å²) < 4.78 is 0. The molecule has 0 heterocycles. The van der Waals surface area contributed by atoms with Crippen molar-refractivity contribution in [2.45, 2.75) is 105 Å². The van der Waals surface area contributed by atoms with Crippen LogP contribution in [0.15, 0.2) is 11.6 Å². The van der Waals surface area contributed by atoms with Crippen molar-refractivity contribution in [3.05, 3.63) is 11.6 Å². The van der Waals surface area contributed by atoms with Crippen LogP contribution in [-0.4, -0.2) is 17.0 Å². The Labute approximate surface area is 178 Å². The molecule has 3 saturated carbocycles. The molecule has 3 fully saturated rings. The van der Waals surface area contributed by atoms with Gasteiger partial charge in [-0.25, -0.2) is 0 Å². The molecule has 4 rings (SSSR count). The van der Waals surface area contributed by atoms with E-state index >= 15 is 0 Å². The summed E-state index contributed by atoms with van der Waals surface area (Å²) in [6.45, 7) is 12.1. The van der Waals surface area contributed by atoms with Crippen molar-refractivity contribution in [2.24, 2.45) is 46.3 Å². The minimum Gasteiger partial charge on any atom is -0.393 e. The van der Waals surface area contributed by atoms with Crippen LogP contribution in [0.3, 0.4) is 0 Å². The van der Waals surface area contributed by atoms with Gasteiger partial charge in [-0.1, -0.05) is 59.5 Å². The van der Waals surface area contributed by atoms with Crippen LogP contribution in [0.5, 0.6) is 0 Å². The maximum Gasteiger partial charge on any atom is 0.159 e. The topological polar surface area (TPSA) is 37.3 Å². The first-order valence-electron chi connectivity index (χ1n) is 12.6. The highest BCUT2D eigenvalue weighted by molar-refractivity contribution is 5.94. The normalized spacial score (nSPS) is 45.4. The maximum absolute atomic E-state index is 13.4. The fourth-order valence-corrected chi connectivity index (χ4v) is 8.41. The number of rotatable bonds is 5. The standard InChI is InChI=1S/C27H44O2/c1-17(2)7-6-8-18(3)21-9-10-22-25-23(12-14-27(21,22)5)26(4)13-11-20(28)15-19(26)16-24(25)29/h16-18,20-23,25,28H,6-15H2,1-5H3/t18-,20-,21+,22-,23-,25-,26-,27+/m0/s1. The molecule has 2 heteroatoms. The molecule has 164 valence electrons. The van der Waals surface area contributed by atoms with Crippen molar-refractivity contribution in [2.75, 3.05) is 0 Å². The highest BCUT2D eigenvalue weighted by atomic mass is 16.3. The lowest BCUT2D eigenvalue weighted by Crippen LogP contribution is -2.53. The molecule has 0 spiro atoms. The van der Waals surface area contributed by atoms with E-state index in [1.807, 2.05) is 6.08 Å². The van der Waals surface area contributed by atoms with Crippen molar-refractivity contribution < 1.29 is 9.90 Å². The zero-order chi connectivity index (χ0) is 21.0. The van der Waals surface area contributed by atoms with Crippen LogP contribution in [0.4, 0.5) is 0 Å². The smallest absolute Gasteiger partial charge is 0.159 e. The van der Waals surface area contributed by atoms with E-state index in [1.54, 1.807) is 0 Å². The lowest BCUT2D eigenvalue weighted by Gasteiger charge is -2.57. The highest BCUT2D eigenvalue weighted by Gasteiger charge is 2.61. The predicted octanol–water partition coefficient (Wildman–Crippen LogP) is 6.57. The first-order valence-corrected chi connectivity index (χ1v) is 12.6. The van der Waals surface area contributed by atoms with Crippen LogP contribution in [0.1, 0.15) is 98.8 Å². The van der Waals surface area contributed by atoms with Crippen molar-refractivity contribution in [3.8, 4) is 0 Å². The molecule has 4 aliphatic rings. The average Bonchev–Trinajstić information content (AvgIpc) is 3.00. The van der Waals surface area contributed by atoms with Crippen molar-refractivity contribution in [3.63, 3.8) is 0 Å². The second kappa shape index (κ2) is 7.81.